The van der Waals surface area contributed by atoms with Crippen molar-refractivity contribution in [3.63, 3.8) is 0 Å². The normalized spacial score (nSPS) is 28.6. The number of nitrogens with one attached hydrogen (secondary N) is 1. The summed E-state index contributed by atoms with van der Waals surface area (Å²) in [7, 11) is 0. The van der Waals surface area contributed by atoms with Crippen molar-refractivity contribution in [2.24, 2.45) is 0 Å². The fraction of sp³-hybridized carbons (Fsp3) is 0.846. The van der Waals surface area contributed by atoms with Crippen LogP contribution < -0.4 is 10.2 Å². The molecule has 0 aliphatic carbocycles. The van der Waals surface area contributed by atoms with Gasteiger partial charge in [0.15, 0.2) is 0 Å². The van der Waals surface area contributed by atoms with Gasteiger partial charge < -0.3 is 19.5 Å². The first kappa shape index (κ1) is 12.9. The highest BCUT2D eigenvalue weighted by molar-refractivity contribution is 5.29. The fourth-order valence-electron chi connectivity index (χ4n) is 2.93. The Morgan fingerprint density at radius 2 is 2.21 bits per heavy atom. The second-order valence-corrected chi connectivity index (χ2v) is 5.41. The molecule has 3 heterocycles. The molecule has 1 N–H and O–H groups in total. The molecule has 1 unspecified atom stereocenters. The first-order chi connectivity index (χ1) is 9.34. The molecule has 0 bridgehead atoms. The number of ether oxygens (including phenoxy) is 1. The number of morpholine rings is 1. The Bertz CT molecular complexity index is 409. The van der Waals surface area contributed by atoms with E-state index in [1.165, 1.54) is 6.42 Å². The molecule has 0 amide bonds. The summed E-state index contributed by atoms with van der Waals surface area (Å²) in [4.78, 5) is 6.79. The number of anilines is 1. The Kier molecular flexibility index (Phi) is 3.70. The van der Waals surface area contributed by atoms with Gasteiger partial charge in [-0.2, -0.15) is 4.98 Å². The van der Waals surface area contributed by atoms with E-state index in [9.17, 15) is 0 Å². The van der Waals surface area contributed by atoms with E-state index in [0.29, 0.717) is 0 Å². The van der Waals surface area contributed by atoms with Crippen molar-refractivity contribution >= 4 is 5.95 Å². The van der Waals surface area contributed by atoms with Crippen LogP contribution in [0.3, 0.4) is 0 Å². The third kappa shape index (κ3) is 2.47. The second kappa shape index (κ2) is 5.46. The number of aromatic nitrogens is 2. The van der Waals surface area contributed by atoms with E-state index in [2.05, 4.69) is 27.3 Å². The lowest BCUT2D eigenvalue weighted by Gasteiger charge is -2.33. The quantitative estimate of drug-likeness (QED) is 0.878. The number of rotatable bonds is 3. The average Bonchev–Trinajstić information content (AvgIpc) is 2.99. The monoisotopic (exact) mass is 266 g/mol. The lowest BCUT2D eigenvalue weighted by molar-refractivity contribution is 0.121. The summed E-state index contributed by atoms with van der Waals surface area (Å²) in [5, 5.41) is 7.62. The van der Waals surface area contributed by atoms with E-state index < -0.39 is 0 Å². The zero-order valence-electron chi connectivity index (χ0n) is 11.5. The summed E-state index contributed by atoms with van der Waals surface area (Å²) < 4.78 is 10.9. The molecule has 2 aliphatic heterocycles. The molecule has 1 aromatic rings. The SMILES string of the molecule is CCC1(c2nc(N3CCOCC3)no2)CCCNC1. The van der Waals surface area contributed by atoms with Crippen LogP contribution in [0, 0.1) is 0 Å². The van der Waals surface area contributed by atoms with Crippen LogP contribution in [0.4, 0.5) is 5.95 Å². The maximum absolute atomic E-state index is 5.57. The summed E-state index contributed by atoms with van der Waals surface area (Å²) in [5.41, 5.74) is 0.0236. The maximum Gasteiger partial charge on any atom is 0.266 e. The van der Waals surface area contributed by atoms with Crippen LogP contribution in [0.2, 0.25) is 0 Å². The minimum atomic E-state index is 0.0236. The first-order valence-corrected chi connectivity index (χ1v) is 7.22. The molecular formula is C13H22N4O2. The second-order valence-electron chi connectivity index (χ2n) is 5.41. The van der Waals surface area contributed by atoms with Gasteiger partial charge in [-0.15, -0.1) is 0 Å². The summed E-state index contributed by atoms with van der Waals surface area (Å²) in [6.07, 6.45) is 3.33. The molecule has 0 spiro atoms. The summed E-state index contributed by atoms with van der Waals surface area (Å²) >= 11 is 0. The van der Waals surface area contributed by atoms with Gasteiger partial charge in [-0.3, -0.25) is 0 Å². The summed E-state index contributed by atoms with van der Waals surface area (Å²) in [6, 6.07) is 0. The lowest BCUT2D eigenvalue weighted by atomic mass is 9.78. The van der Waals surface area contributed by atoms with Crippen molar-refractivity contribution < 1.29 is 9.26 Å². The third-order valence-electron chi connectivity index (χ3n) is 4.31. The first-order valence-electron chi connectivity index (χ1n) is 7.22. The number of hydrogen-bond donors (Lipinski definition) is 1. The molecule has 0 radical (unpaired) electrons. The van der Waals surface area contributed by atoms with Crippen molar-refractivity contribution in [1.29, 1.82) is 0 Å². The van der Waals surface area contributed by atoms with E-state index in [1.54, 1.807) is 0 Å². The molecule has 6 nitrogen and oxygen atoms in total. The predicted molar refractivity (Wildman–Crippen MR) is 71.4 cm³/mol. The van der Waals surface area contributed by atoms with Gasteiger partial charge in [-0.1, -0.05) is 6.92 Å². The van der Waals surface area contributed by atoms with Crippen LogP contribution in [0.1, 0.15) is 32.1 Å². The Morgan fingerprint density at radius 3 is 2.89 bits per heavy atom. The Balaban J connectivity index is 1.79. The average molecular weight is 266 g/mol. The molecule has 19 heavy (non-hydrogen) atoms. The van der Waals surface area contributed by atoms with Crippen molar-refractivity contribution in [2.45, 2.75) is 31.6 Å². The van der Waals surface area contributed by atoms with E-state index in [1.807, 2.05) is 0 Å². The zero-order chi connectivity index (χ0) is 13.1. The molecule has 6 heteroatoms. The molecule has 1 aromatic heterocycles. The van der Waals surface area contributed by atoms with Crippen LogP contribution in [0.15, 0.2) is 4.52 Å². The van der Waals surface area contributed by atoms with Gasteiger partial charge in [-0.25, -0.2) is 0 Å². The largest absolute Gasteiger partial charge is 0.378 e. The Hall–Kier alpha value is -1.14. The summed E-state index contributed by atoms with van der Waals surface area (Å²) in [6.45, 7) is 7.40. The van der Waals surface area contributed by atoms with Crippen molar-refractivity contribution in [1.82, 2.24) is 15.5 Å². The van der Waals surface area contributed by atoms with E-state index in [-0.39, 0.29) is 5.41 Å². The highest BCUT2D eigenvalue weighted by Gasteiger charge is 2.38. The fourth-order valence-corrected chi connectivity index (χ4v) is 2.93. The van der Waals surface area contributed by atoms with E-state index in [0.717, 1.165) is 64.1 Å². The smallest absolute Gasteiger partial charge is 0.266 e. The van der Waals surface area contributed by atoms with E-state index in [4.69, 9.17) is 9.26 Å². The molecule has 0 saturated carbocycles. The minimum Gasteiger partial charge on any atom is -0.378 e. The Labute approximate surface area is 113 Å². The lowest BCUT2D eigenvalue weighted by Crippen LogP contribution is -2.43. The molecular weight excluding hydrogens is 244 g/mol. The highest BCUT2D eigenvalue weighted by atomic mass is 16.5. The molecule has 1 atom stereocenters. The van der Waals surface area contributed by atoms with Gasteiger partial charge in [0.1, 0.15) is 0 Å². The van der Waals surface area contributed by atoms with Gasteiger partial charge in [-0.05, 0) is 31.0 Å². The van der Waals surface area contributed by atoms with Crippen molar-refractivity contribution in [3.8, 4) is 0 Å². The van der Waals surface area contributed by atoms with Crippen LogP contribution in [-0.2, 0) is 10.2 Å². The Morgan fingerprint density at radius 1 is 1.37 bits per heavy atom. The predicted octanol–water partition coefficient (Wildman–Crippen LogP) is 0.937. The van der Waals surface area contributed by atoms with Crippen molar-refractivity contribution in [3.05, 3.63) is 5.89 Å². The van der Waals surface area contributed by atoms with Crippen LogP contribution in [-0.4, -0.2) is 49.5 Å². The van der Waals surface area contributed by atoms with E-state index >= 15 is 0 Å². The topological polar surface area (TPSA) is 63.4 Å². The summed E-state index contributed by atoms with van der Waals surface area (Å²) in [5.74, 6) is 1.51. The van der Waals surface area contributed by atoms with Gasteiger partial charge in [0.2, 0.25) is 5.89 Å². The van der Waals surface area contributed by atoms with Gasteiger partial charge in [0.05, 0.1) is 18.6 Å². The molecule has 2 saturated heterocycles. The highest BCUT2D eigenvalue weighted by Crippen LogP contribution is 2.34. The van der Waals surface area contributed by atoms with Crippen LogP contribution in [0.5, 0.6) is 0 Å². The van der Waals surface area contributed by atoms with Gasteiger partial charge in [0, 0.05) is 19.6 Å². The molecule has 106 valence electrons. The van der Waals surface area contributed by atoms with Crippen LogP contribution in [0.25, 0.3) is 0 Å². The maximum atomic E-state index is 5.57. The number of nitrogens with zero attached hydrogens (tertiary/aromatic N) is 3. The van der Waals surface area contributed by atoms with Gasteiger partial charge >= 0.3 is 0 Å². The van der Waals surface area contributed by atoms with Crippen molar-refractivity contribution in [2.75, 3.05) is 44.3 Å². The molecule has 0 aromatic carbocycles. The molecule has 2 aliphatic rings. The molecule has 2 fully saturated rings. The zero-order valence-corrected chi connectivity index (χ0v) is 11.5. The third-order valence-corrected chi connectivity index (χ3v) is 4.31. The van der Waals surface area contributed by atoms with Crippen LogP contribution >= 0.6 is 0 Å². The standard InChI is InChI=1S/C13H22N4O2/c1-2-13(4-3-5-14-10-13)11-15-12(16-19-11)17-6-8-18-9-7-17/h14H,2-10H2,1H3. The number of hydrogen-bond acceptors (Lipinski definition) is 6. The van der Waals surface area contributed by atoms with Gasteiger partial charge in [0.25, 0.3) is 5.95 Å². The molecule has 3 rings (SSSR count). The minimum absolute atomic E-state index is 0.0236. The number of piperidine rings is 1.